The SMILES string of the molecule is COCCn1cnnc1CCNC(=O)C1(c2ccccc2)CC12CCCC2. The van der Waals surface area contributed by atoms with Crippen molar-refractivity contribution in [2.24, 2.45) is 5.41 Å². The summed E-state index contributed by atoms with van der Waals surface area (Å²) in [4.78, 5) is 13.3. The standard InChI is InChI=1S/C21H28N4O2/c1-27-14-13-25-16-23-24-18(25)9-12-22-19(26)21(17-7-3-2-4-8-17)15-20(21)10-5-6-11-20/h2-4,7-8,16H,5-6,9-15H2,1H3,(H,22,26). The van der Waals surface area contributed by atoms with E-state index >= 15 is 0 Å². The van der Waals surface area contributed by atoms with Gasteiger partial charge in [0.05, 0.1) is 12.0 Å². The molecule has 0 bridgehead atoms. The second-order valence-electron chi connectivity index (χ2n) is 7.87. The van der Waals surface area contributed by atoms with Gasteiger partial charge in [0.15, 0.2) is 0 Å². The van der Waals surface area contributed by atoms with Gasteiger partial charge in [0, 0.05) is 26.6 Å². The lowest BCUT2D eigenvalue weighted by atomic mass is 9.84. The van der Waals surface area contributed by atoms with Crippen LogP contribution in [0.15, 0.2) is 36.7 Å². The minimum atomic E-state index is -0.339. The van der Waals surface area contributed by atoms with E-state index < -0.39 is 0 Å². The van der Waals surface area contributed by atoms with Gasteiger partial charge >= 0.3 is 0 Å². The molecule has 1 N–H and O–H groups in total. The Morgan fingerprint density at radius 3 is 2.78 bits per heavy atom. The number of nitrogens with zero attached hydrogens (tertiary/aromatic N) is 3. The van der Waals surface area contributed by atoms with E-state index in [-0.39, 0.29) is 16.7 Å². The summed E-state index contributed by atoms with van der Waals surface area (Å²) in [5, 5.41) is 11.4. The highest BCUT2D eigenvalue weighted by atomic mass is 16.5. The first-order chi connectivity index (χ1) is 13.2. The van der Waals surface area contributed by atoms with Crippen molar-refractivity contribution in [1.29, 1.82) is 0 Å². The molecular weight excluding hydrogens is 340 g/mol. The van der Waals surface area contributed by atoms with E-state index in [1.165, 1.54) is 31.2 Å². The topological polar surface area (TPSA) is 69.0 Å². The van der Waals surface area contributed by atoms with Crippen LogP contribution >= 0.6 is 0 Å². The van der Waals surface area contributed by atoms with Crippen LogP contribution in [-0.2, 0) is 27.9 Å². The van der Waals surface area contributed by atoms with Crippen LogP contribution in [0.25, 0.3) is 0 Å². The molecule has 1 amide bonds. The first-order valence-corrected chi connectivity index (χ1v) is 9.91. The Balaban J connectivity index is 1.43. The molecule has 0 aliphatic heterocycles. The van der Waals surface area contributed by atoms with Gasteiger partial charge in [-0.05, 0) is 30.2 Å². The molecule has 0 radical (unpaired) electrons. The van der Waals surface area contributed by atoms with Gasteiger partial charge in [-0.3, -0.25) is 4.79 Å². The van der Waals surface area contributed by atoms with Gasteiger partial charge in [0.1, 0.15) is 12.2 Å². The quantitative estimate of drug-likeness (QED) is 0.777. The number of carbonyl (C=O) groups excluding carboxylic acids is 1. The van der Waals surface area contributed by atoms with E-state index in [9.17, 15) is 4.79 Å². The Hall–Kier alpha value is -2.21. The zero-order valence-corrected chi connectivity index (χ0v) is 16.0. The smallest absolute Gasteiger partial charge is 0.231 e. The monoisotopic (exact) mass is 368 g/mol. The molecule has 1 atom stereocenters. The molecule has 1 unspecified atom stereocenters. The molecule has 1 aromatic carbocycles. The van der Waals surface area contributed by atoms with E-state index in [1.54, 1.807) is 13.4 Å². The number of nitrogens with one attached hydrogen (secondary N) is 1. The van der Waals surface area contributed by atoms with Crippen LogP contribution in [0.5, 0.6) is 0 Å². The molecule has 27 heavy (non-hydrogen) atoms. The summed E-state index contributed by atoms with van der Waals surface area (Å²) in [7, 11) is 1.68. The summed E-state index contributed by atoms with van der Waals surface area (Å²) in [6.45, 7) is 1.93. The fourth-order valence-corrected chi connectivity index (χ4v) is 4.99. The Morgan fingerprint density at radius 2 is 2.04 bits per heavy atom. The summed E-state index contributed by atoms with van der Waals surface area (Å²) in [6.07, 6.45) is 8.19. The average Bonchev–Trinajstić information content (AvgIpc) is 3.00. The van der Waals surface area contributed by atoms with Crippen LogP contribution in [0.3, 0.4) is 0 Å². The van der Waals surface area contributed by atoms with Crippen molar-refractivity contribution in [3.8, 4) is 0 Å². The first kappa shape index (κ1) is 18.2. The lowest BCUT2D eigenvalue weighted by Crippen LogP contribution is -2.39. The summed E-state index contributed by atoms with van der Waals surface area (Å²) in [5.41, 5.74) is 1.01. The maximum absolute atomic E-state index is 13.3. The normalized spacial score (nSPS) is 22.9. The molecule has 1 aromatic heterocycles. The number of hydrogen-bond acceptors (Lipinski definition) is 4. The van der Waals surface area contributed by atoms with Crippen LogP contribution in [0.1, 0.15) is 43.5 Å². The number of carbonyl (C=O) groups is 1. The Kier molecular flexibility index (Phi) is 5.00. The van der Waals surface area contributed by atoms with Crippen LogP contribution in [-0.4, -0.2) is 40.9 Å². The van der Waals surface area contributed by atoms with Gasteiger partial charge in [0.25, 0.3) is 0 Å². The molecule has 2 aromatic rings. The van der Waals surface area contributed by atoms with E-state index in [0.717, 1.165) is 18.8 Å². The van der Waals surface area contributed by atoms with Gasteiger partial charge in [-0.25, -0.2) is 0 Å². The molecular formula is C21H28N4O2. The second-order valence-corrected chi connectivity index (χ2v) is 7.87. The number of aromatic nitrogens is 3. The molecule has 2 aliphatic carbocycles. The van der Waals surface area contributed by atoms with Crippen LogP contribution in [0.2, 0.25) is 0 Å². The molecule has 144 valence electrons. The minimum absolute atomic E-state index is 0.178. The van der Waals surface area contributed by atoms with Crippen molar-refractivity contribution >= 4 is 5.91 Å². The predicted molar refractivity (Wildman–Crippen MR) is 102 cm³/mol. The Morgan fingerprint density at radius 1 is 1.26 bits per heavy atom. The third-order valence-corrected chi connectivity index (χ3v) is 6.46. The van der Waals surface area contributed by atoms with E-state index in [1.807, 2.05) is 22.8 Å². The molecule has 2 fully saturated rings. The number of rotatable bonds is 8. The van der Waals surface area contributed by atoms with E-state index in [2.05, 4.69) is 27.6 Å². The number of ether oxygens (including phenoxy) is 1. The fourth-order valence-electron chi connectivity index (χ4n) is 4.99. The van der Waals surface area contributed by atoms with Crippen molar-refractivity contribution in [3.63, 3.8) is 0 Å². The van der Waals surface area contributed by atoms with Crippen molar-refractivity contribution < 1.29 is 9.53 Å². The van der Waals surface area contributed by atoms with Crippen molar-refractivity contribution in [2.75, 3.05) is 20.3 Å². The van der Waals surface area contributed by atoms with Gasteiger partial charge < -0.3 is 14.6 Å². The molecule has 1 spiro atoms. The zero-order chi connectivity index (χ0) is 18.7. The Labute approximate surface area is 160 Å². The van der Waals surface area contributed by atoms with Crippen molar-refractivity contribution in [2.45, 2.75) is 50.5 Å². The minimum Gasteiger partial charge on any atom is -0.383 e. The Bertz CT molecular complexity index is 782. The zero-order valence-electron chi connectivity index (χ0n) is 16.0. The summed E-state index contributed by atoms with van der Waals surface area (Å²) >= 11 is 0. The molecule has 6 heteroatoms. The summed E-state index contributed by atoms with van der Waals surface area (Å²) in [5.74, 6) is 1.06. The van der Waals surface area contributed by atoms with Crippen molar-refractivity contribution in [1.82, 2.24) is 20.1 Å². The highest BCUT2D eigenvalue weighted by molar-refractivity contribution is 5.93. The van der Waals surface area contributed by atoms with Crippen LogP contribution in [0.4, 0.5) is 0 Å². The van der Waals surface area contributed by atoms with E-state index in [0.29, 0.717) is 19.6 Å². The third-order valence-electron chi connectivity index (χ3n) is 6.46. The summed E-state index contributed by atoms with van der Waals surface area (Å²) in [6, 6.07) is 10.3. The molecule has 2 saturated carbocycles. The molecule has 6 nitrogen and oxygen atoms in total. The van der Waals surface area contributed by atoms with Gasteiger partial charge in [-0.1, -0.05) is 43.2 Å². The predicted octanol–water partition coefficient (Wildman–Crippen LogP) is 2.49. The lowest BCUT2D eigenvalue weighted by Gasteiger charge is -2.22. The first-order valence-electron chi connectivity index (χ1n) is 9.91. The summed E-state index contributed by atoms with van der Waals surface area (Å²) < 4.78 is 7.11. The number of amides is 1. The van der Waals surface area contributed by atoms with Crippen LogP contribution < -0.4 is 5.32 Å². The fraction of sp³-hybridized carbons (Fsp3) is 0.571. The largest absolute Gasteiger partial charge is 0.383 e. The highest BCUT2D eigenvalue weighted by Gasteiger charge is 2.72. The van der Waals surface area contributed by atoms with Gasteiger partial charge in [-0.15, -0.1) is 10.2 Å². The number of methoxy groups -OCH3 is 1. The third kappa shape index (κ3) is 3.16. The highest BCUT2D eigenvalue weighted by Crippen LogP contribution is 2.72. The van der Waals surface area contributed by atoms with Gasteiger partial charge in [-0.2, -0.15) is 0 Å². The molecule has 1 heterocycles. The number of hydrogen-bond donors (Lipinski definition) is 1. The lowest BCUT2D eigenvalue weighted by molar-refractivity contribution is -0.124. The molecule has 4 rings (SSSR count). The molecule has 0 saturated heterocycles. The second kappa shape index (κ2) is 7.43. The van der Waals surface area contributed by atoms with Gasteiger partial charge in [0.2, 0.25) is 5.91 Å². The van der Waals surface area contributed by atoms with E-state index in [4.69, 9.17) is 4.74 Å². The van der Waals surface area contributed by atoms with Crippen molar-refractivity contribution in [3.05, 3.63) is 48.0 Å². The molecule has 2 aliphatic rings. The van der Waals surface area contributed by atoms with Crippen LogP contribution in [0, 0.1) is 5.41 Å². The average molecular weight is 368 g/mol. The number of benzene rings is 1. The maximum Gasteiger partial charge on any atom is 0.231 e. The maximum atomic E-state index is 13.3.